The summed E-state index contributed by atoms with van der Waals surface area (Å²) < 4.78 is 38.3. The molecule has 0 amide bonds. The minimum atomic E-state index is -4.59. The number of para-hydroxylation sites is 2. The third-order valence-electron chi connectivity index (χ3n) is 2.35. The minimum Gasteiger partial charge on any atom is -0.288 e. The molecular formula is C10H6F3N3O2S. The molecule has 0 saturated heterocycles. The fourth-order valence-corrected chi connectivity index (χ4v) is 1.79. The van der Waals surface area contributed by atoms with Gasteiger partial charge in [-0.2, -0.15) is 13.2 Å². The Labute approximate surface area is 109 Å². The third-order valence-corrected chi connectivity index (χ3v) is 2.65. The van der Waals surface area contributed by atoms with E-state index < -0.39 is 16.8 Å². The number of nitro groups is 1. The van der Waals surface area contributed by atoms with Gasteiger partial charge in [0.25, 0.3) is 5.69 Å². The van der Waals surface area contributed by atoms with Gasteiger partial charge in [0.2, 0.25) is 0 Å². The Morgan fingerprint density at radius 1 is 1.32 bits per heavy atom. The van der Waals surface area contributed by atoms with Crippen LogP contribution >= 0.6 is 12.2 Å². The minimum absolute atomic E-state index is 0.0481. The quantitative estimate of drug-likeness (QED) is 0.523. The van der Waals surface area contributed by atoms with E-state index in [1.807, 2.05) is 5.10 Å². The number of rotatable bonds is 2. The van der Waals surface area contributed by atoms with Crippen molar-refractivity contribution in [2.24, 2.45) is 0 Å². The highest BCUT2D eigenvalue weighted by molar-refractivity contribution is 7.71. The van der Waals surface area contributed by atoms with Crippen LogP contribution < -0.4 is 0 Å². The lowest BCUT2D eigenvalue weighted by molar-refractivity contribution is -0.384. The molecule has 0 fully saturated rings. The number of nitrogens with one attached hydrogen (secondary N) is 1. The van der Waals surface area contributed by atoms with Crippen molar-refractivity contribution in [2.75, 3.05) is 0 Å². The number of benzene rings is 1. The number of aromatic amines is 1. The first-order valence-corrected chi connectivity index (χ1v) is 5.34. The van der Waals surface area contributed by atoms with Crippen LogP contribution in [-0.2, 0) is 6.18 Å². The second kappa shape index (κ2) is 4.50. The van der Waals surface area contributed by atoms with Crippen LogP contribution in [0.1, 0.15) is 5.69 Å². The van der Waals surface area contributed by atoms with Gasteiger partial charge in [0, 0.05) is 12.1 Å². The predicted octanol–water partition coefficient (Wildman–Crippen LogP) is 3.46. The zero-order valence-electron chi connectivity index (χ0n) is 9.14. The van der Waals surface area contributed by atoms with Crippen LogP contribution in [0.15, 0.2) is 30.3 Å². The summed E-state index contributed by atoms with van der Waals surface area (Å²) in [4.78, 5) is 10.1. The molecule has 0 unspecified atom stereocenters. The van der Waals surface area contributed by atoms with Crippen LogP contribution in [0.4, 0.5) is 18.9 Å². The van der Waals surface area contributed by atoms with Gasteiger partial charge in [-0.1, -0.05) is 24.4 Å². The monoisotopic (exact) mass is 289 g/mol. The molecule has 0 atom stereocenters. The van der Waals surface area contributed by atoms with Crippen molar-refractivity contribution in [3.05, 3.63) is 50.8 Å². The number of aromatic nitrogens is 2. The zero-order valence-corrected chi connectivity index (χ0v) is 9.96. The second-order valence-corrected chi connectivity index (χ2v) is 4.01. The molecule has 0 aliphatic heterocycles. The predicted molar refractivity (Wildman–Crippen MR) is 62.6 cm³/mol. The number of nitrogens with zero attached hydrogens (tertiary/aromatic N) is 2. The molecule has 100 valence electrons. The van der Waals surface area contributed by atoms with E-state index in [2.05, 4.69) is 0 Å². The molecule has 0 bridgehead atoms. The summed E-state index contributed by atoms with van der Waals surface area (Å²) in [6.07, 6.45) is -4.59. The van der Waals surface area contributed by atoms with E-state index in [9.17, 15) is 23.3 Å². The summed E-state index contributed by atoms with van der Waals surface area (Å²) in [6, 6.07) is 6.10. The first kappa shape index (κ1) is 13.3. The fraction of sp³-hybridized carbons (Fsp3) is 0.100. The van der Waals surface area contributed by atoms with Gasteiger partial charge in [-0.25, -0.2) is 4.68 Å². The van der Waals surface area contributed by atoms with Gasteiger partial charge in [-0.15, -0.1) is 0 Å². The number of alkyl halides is 3. The number of nitro benzene ring substituents is 1. The summed E-state index contributed by atoms with van der Waals surface area (Å²) in [5.41, 5.74) is -1.45. The Hall–Kier alpha value is -2.16. The fourth-order valence-electron chi connectivity index (χ4n) is 1.53. The summed E-state index contributed by atoms with van der Waals surface area (Å²) in [5, 5.41) is 12.8. The first-order chi connectivity index (χ1) is 8.80. The molecule has 0 saturated carbocycles. The third kappa shape index (κ3) is 2.50. The smallest absolute Gasteiger partial charge is 0.288 e. The molecule has 0 spiro atoms. The zero-order chi connectivity index (χ0) is 14.2. The standard InChI is InChI=1S/C10H6F3N3O2S/c11-10(12,13)8-5-9(19)15(14-8)6-3-1-2-4-7(6)16(17)18/h1-5,14H. The highest BCUT2D eigenvalue weighted by Gasteiger charge is 2.33. The van der Waals surface area contributed by atoms with E-state index in [0.717, 1.165) is 4.68 Å². The van der Waals surface area contributed by atoms with E-state index >= 15 is 0 Å². The Bertz CT molecular complexity index is 690. The maximum Gasteiger partial charge on any atom is 0.432 e. The van der Waals surface area contributed by atoms with Gasteiger partial charge in [0.05, 0.1) is 4.92 Å². The molecule has 2 aromatic rings. The highest BCUT2D eigenvalue weighted by Crippen LogP contribution is 2.30. The van der Waals surface area contributed by atoms with E-state index in [0.29, 0.717) is 6.07 Å². The van der Waals surface area contributed by atoms with Crippen LogP contribution in [0, 0.1) is 14.8 Å². The molecule has 0 aliphatic carbocycles. The van der Waals surface area contributed by atoms with E-state index in [1.165, 1.54) is 24.3 Å². The lowest BCUT2D eigenvalue weighted by atomic mass is 10.3. The number of hydrogen-bond acceptors (Lipinski definition) is 3. The maximum absolute atomic E-state index is 12.5. The van der Waals surface area contributed by atoms with Gasteiger partial charge in [-0.05, 0) is 6.07 Å². The van der Waals surface area contributed by atoms with Crippen LogP contribution in [0.2, 0.25) is 0 Å². The van der Waals surface area contributed by atoms with Crippen LogP contribution in [0.25, 0.3) is 5.69 Å². The SMILES string of the molecule is O=[N+]([O-])c1ccccc1-n1[nH]c(C(F)(F)F)cc1=S. The number of hydrogen-bond donors (Lipinski definition) is 1. The molecule has 1 heterocycles. The van der Waals surface area contributed by atoms with Gasteiger partial charge in [0.15, 0.2) is 0 Å². The lowest BCUT2D eigenvalue weighted by Gasteiger charge is -2.05. The Kier molecular flexibility index (Phi) is 3.14. The number of H-pyrrole nitrogens is 1. The average Bonchev–Trinajstić information content (AvgIpc) is 2.71. The molecule has 1 aromatic carbocycles. The summed E-state index contributed by atoms with van der Waals surface area (Å²) in [7, 11) is 0. The van der Waals surface area contributed by atoms with Crippen molar-refractivity contribution in [1.82, 2.24) is 9.78 Å². The van der Waals surface area contributed by atoms with Crippen molar-refractivity contribution >= 4 is 17.9 Å². The molecule has 0 radical (unpaired) electrons. The van der Waals surface area contributed by atoms with E-state index in [1.54, 1.807) is 0 Å². The Morgan fingerprint density at radius 3 is 2.47 bits per heavy atom. The van der Waals surface area contributed by atoms with Gasteiger partial charge < -0.3 is 0 Å². The summed E-state index contributed by atoms with van der Waals surface area (Å²) in [5.74, 6) is 0. The van der Waals surface area contributed by atoms with Crippen LogP contribution in [0.3, 0.4) is 0 Å². The molecule has 9 heteroatoms. The van der Waals surface area contributed by atoms with Gasteiger partial charge in [-0.3, -0.25) is 15.2 Å². The highest BCUT2D eigenvalue weighted by atomic mass is 32.1. The lowest BCUT2D eigenvalue weighted by Crippen LogP contribution is -2.08. The largest absolute Gasteiger partial charge is 0.432 e. The summed E-state index contributed by atoms with van der Waals surface area (Å²) in [6.45, 7) is 0. The average molecular weight is 289 g/mol. The Morgan fingerprint density at radius 2 is 1.95 bits per heavy atom. The number of halogens is 3. The molecule has 1 aromatic heterocycles. The second-order valence-electron chi connectivity index (χ2n) is 3.59. The van der Waals surface area contributed by atoms with Crippen molar-refractivity contribution in [3.63, 3.8) is 0 Å². The molecule has 1 N–H and O–H groups in total. The van der Waals surface area contributed by atoms with Crippen molar-refractivity contribution < 1.29 is 18.1 Å². The van der Waals surface area contributed by atoms with Crippen LogP contribution in [0.5, 0.6) is 0 Å². The van der Waals surface area contributed by atoms with Crippen LogP contribution in [-0.4, -0.2) is 14.7 Å². The topological polar surface area (TPSA) is 63.9 Å². The van der Waals surface area contributed by atoms with E-state index in [-0.39, 0.29) is 16.0 Å². The van der Waals surface area contributed by atoms with Gasteiger partial charge >= 0.3 is 6.18 Å². The van der Waals surface area contributed by atoms with Gasteiger partial charge in [0.1, 0.15) is 16.0 Å². The molecule has 2 rings (SSSR count). The van der Waals surface area contributed by atoms with Crippen molar-refractivity contribution in [2.45, 2.75) is 6.18 Å². The molecule has 5 nitrogen and oxygen atoms in total. The normalized spacial score (nSPS) is 11.5. The first-order valence-electron chi connectivity index (χ1n) is 4.94. The molecular weight excluding hydrogens is 283 g/mol. The molecule has 0 aliphatic rings. The summed E-state index contributed by atoms with van der Waals surface area (Å²) >= 11 is 4.78. The molecule has 19 heavy (non-hydrogen) atoms. The van der Waals surface area contributed by atoms with Crippen molar-refractivity contribution in [1.29, 1.82) is 0 Å². The van der Waals surface area contributed by atoms with Crippen molar-refractivity contribution in [3.8, 4) is 5.69 Å². The Balaban J connectivity index is 2.64. The maximum atomic E-state index is 12.5. The van der Waals surface area contributed by atoms with E-state index in [4.69, 9.17) is 12.2 Å².